The normalized spacial score (nSPS) is 21.0. The van der Waals surface area contributed by atoms with Crippen molar-refractivity contribution in [1.29, 1.82) is 0 Å². The van der Waals surface area contributed by atoms with E-state index in [9.17, 15) is 15.0 Å². The SMILES string of the molecule is COc1cccc(O)c1C[C@@]1(CO)CCCN1C(=O)OC(C)(C)C. The van der Waals surface area contributed by atoms with E-state index < -0.39 is 17.2 Å². The van der Waals surface area contributed by atoms with E-state index in [0.717, 1.165) is 6.42 Å². The molecular formula is C18H27NO5. The van der Waals surface area contributed by atoms with Gasteiger partial charge in [-0.2, -0.15) is 0 Å². The third-order valence-corrected chi connectivity index (χ3v) is 4.34. The number of likely N-dealkylation sites (tertiary alicyclic amines) is 1. The van der Waals surface area contributed by atoms with E-state index in [4.69, 9.17) is 9.47 Å². The van der Waals surface area contributed by atoms with Crippen LogP contribution in [0.4, 0.5) is 4.79 Å². The molecule has 24 heavy (non-hydrogen) atoms. The molecule has 1 aliphatic rings. The van der Waals surface area contributed by atoms with Crippen molar-refractivity contribution in [1.82, 2.24) is 4.90 Å². The van der Waals surface area contributed by atoms with Crippen molar-refractivity contribution in [2.75, 3.05) is 20.3 Å². The lowest BCUT2D eigenvalue weighted by Crippen LogP contribution is -2.53. The minimum Gasteiger partial charge on any atom is -0.508 e. The lowest BCUT2D eigenvalue weighted by Gasteiger charge is -2.38. The van der Waals surface area contributed by atoms with Crippen LogP contribution in [0, 0.1) is 0 Å². The second-order valence-corrected chi connectivity index (χ2v) is 7.25. The quantitative estimate of drug-likeness (QED) is 0.883. The number of carbonyl (C=O) groups excluding carboxylic acids is 1. The Morgan fingerprint density at radius 1 is 1.38 bits per heavy atom. The summed E-state index contributed by atoms with van der Waals surface area (Å²) in [6, 6.07) is 5.03. The summed E-state index contributed by atoms with van der Waals surface area (Å²) in [5.74, 6) is 0.636. The van der Waals surface area contributed by atoms with Gasteiger partial charge in [0.1, 0.15) is 17.1 Å². The highest BCUT2D eigenvalue weighted by atomic mass is 16.6. The predicted octanol–water partition coefficient (Wildman–Crippen LogP) is 2.71. The van der Waals surface area contributed by atoms with Gasteiger partial charge in [-0.05, 0) is 45.7 Å². The number of carbonyl (C=O) groups is 1. The van der Waals surface area contributed by atoms with Crippen LogP contribution in [0.25, 0.3) is 0 Å². The van der Waals surface area contributed by atoms with E-state index in [0.29, 0.717) is 30.7 Å². The summed E-state index contributed by atoms with van der Waals surface area (Å²) in [5.41, 5.74) is -0.813. The van der Waals surface area contributed by atoms with Crippen LogP contribution in [0.1, 0.15) is 39.2 Å². The maximum atomic E-state index is 12.6. The molecule has 0 spiro atoms. The Labute approximate surface area is 143 Å². The molecular weight excluding hydrogens is 310 g/mol. The van der Waals surface area contributed by atoms with Crippen molar-refractivity contribution >= 4 is 6.09 Å². The summed E-state index contributed by atoms with van der Waals surface area (Å²) in [5, 5.41) is 20.3. The van der Waals surface area contributed by atoms with Crippen molar-refractivity contribution in [2.24, 2.45) is 0 Å². The minimum absolute atomic E-state index is 0.0956. The molecule has 2 N–H and O–H groups in total. The van der Waals surface area contributed by atoms with Crippen LogP contribution in [0.3, 0.4) is 0 Å². The molecule has 1 saturated heterocycles. The van der Waals surface area contributed by atoms with Crippen molar-refractivity contribution in [3.8, 4) is 11.5 Å². The predicted molar refractivity (Wildman–Crippen MR) is 90.4 cm³/mol. The van der Waals surface area contributed by atoms with E-state index in [1.54, 1.807) is 23.1 Å². The summed E-state index contributed by atoms with van der Waals surface area (Å²) in [4.78, 5) is 14.2. The van der Waals surface area contributed by atoms with Gasteiger partial charge in [0.2, 0.25) is 0 Å². The Hall–Kier alpha value is -1.95. The molecule has 0 radical (unpaired) electrons. The Kier molecular flexibility index (Phi) is 5.28. The van der Waals surface area contributed by atoms with E-state index in [1.165, 1.54) is 7.11 Å². The number of phenolic OH excluding ortho intramolecular Hbond substituents is 1. The number of ether oxygens (including phenoxy) is 2. The number of aliphatic hydroxyl groups excluding tert-OH is 1. The molecule has 1 aromatic carbocycles. The van der Waals surface area contributed by atoms with Gasteiger partial charge in [0.25, 0.3) is 0 Å². The Balaban J connectivity index is 2.32. The maximum absolute atomic E-state index is 12.6. The van der Waals surface area contributed by atoms with Gasteiger partial charge in [-0.3, -0.25) is 4.90 Å². The van der Waals surface area contributed by atoms with Gasteiger partial charge >= 0.3 is 6.09 Å². The lowest BCUT2D eigenvalue weighted by molar-refractivity contribution is -0.00483. The Bertz CT molecular complexity index is 596. The van der Waals surface area contributed by atoms with E-state index in [-0.39, 0.29) is 12.4 Å². The van der Waals surface area contributed by atoms with Crippen LogP contribution in [0.2, 0.25) is 0 Å². The number of aromatic hydroxyl groups is 1. The molecule has 0 unspecified atom stereocenters. The number of rotatable bonds is 4. The number of benzene rings is 1. The number of nitrogens with zero attached hydrogens (tertiary/aromatic N) is 1. The molecule has 1 fully saturated rings. The molecule has 1 aromatic rings. The first-order valence-corrected chi connectivity index (χ1v) is 8.19. The second-order valence-electron chi connectivity index (χ2n) is 7.25. The third-order valence-electron chi connectivity index (χ3n) is 4.34. The molecule has 0 saturated carbocycles. The zero-order valence-electron chi connectivity index (χ0n) is 14.8. The number of hydrogen-bond acceptors (Lipinski definition) is 5. The number of methoxy groups -OCH3 is 1. The fourth-order valence-electron chi connectivity index (χ4n) is 3.20. The largest absolute Gasteiger partial charge is 0.508 e. The van der Waals surface area contributed by atoms with Crippen molar-refractivity contribution in [3.05, 3.63) is 23.8 Å². The van der Waals surface area contributed by atoms with E-state index in [1.807, 2.05) is 20.8 Å². The van der Waals surface area contributed by atoms with Crippen LogP contribution >= 0.6 is 0 Å². The summed E-state index contributed by atoms with van der Waals surface area (Å²) < 4.78 is 10.8. The summed E-state index contributed by atoms with van der Waals surface area (Å²) in [6.45, 7) is 5.75. The first kappa shape index (κ1) is 18.4. The Morgan fingerprint density at radius 2 is 2.08 bits per heavy atom. The van der Waals surface area contributed by atoms with Gasteiger partial charge in [0.15, 0.2) is 0 Å². The smallest absolute Gasteiger partial charge is 0.410 e. The zero-order valence-corrected chi connectivity index (χ0v) is 14.8. The second kappa shape index (κ2) is 6.89. The molecule has 134 valence electrons. The highest BCUT2D eigenvalue weighted by molar-refractivity contribution is 5.70. The van der Waals surface area contributed by atoms with E-state index >= 15 is 0 Å². The average Bonchev–Trinajstić information content (AvgIpc) is 2.92. The molecule has 0 aliphatic carbocycles. The molecule has 1 aliphatic heterocycles. The summed E-state index contributed by atoms with van der Waals surface area (Å²) in [7, 11) is 1.53. The molecule has 2 rings (SSSR count). The number of phenols is 1. The first-order valence-electron chi connectivity index (χ1n) is 8.19. The standard InChI is InChI=1S/C18H27NO5/c1-17(2,3)24-16(22)19-10-6-9-18(19,12-20)11-13-14(21)7-5-8-15(13)23-4/h5,7-8,20-21H,6,9-12H2,1-4H3/t18-/m1/s1. The summed E-state index contributed by atoms with van der Waals surface area (Å²) >= 11 is 0. The highest BCUT2D eigenvalue weighted by Crippen LogP contribution is 2.38. The molecule has 0 bridgehead atoms. The fraction of sp³-hybridized carbons (Fsp3) is 0.611. The first-order chi connectivity index (χ1) is 11.2. The van der Waals surface area contributed by atoms with Crippen molar-refractivity contribution in [2.45, 2.75) is 51.2 Å². The average molecular weight is 337 g/mol. The van der Waals surface area contributed by atoms with Crippen molar-refractivity contribution in [3.63, 3.8) is 0 Å². The third kappa shape index (κ3) is 3.75. The molecule has 1 atom stereocenters. The maximum Gasteiger partial charge on any atom is 0.410 e. The van der Waals surface area contributed by atoms with Crippen LogP contribution < -0.4 is 4.74 Å². The Morgan fingerprint density at radius 3 is 2.67 bits per heavy atom. The summed E-state index contributed by atoms with van der Waals surface area (Å²) in [6.07, 6.45) is 1.28. The number of hydrogen-bond donors (Lipinski definition) is 2. The highest BCUT2D eigenvalue weighted by Gasteiger charge is 2.45. The van der Waals surface area contributed by atoms with Crippen LogP contribution in [0.15, 0.2) is 18.2 Å². The van der Waals surface area contributed by atoms with Gasteiger partial charge in [-0.25, -0.2) is 4.79 Å². The molecule has 6 nitrogen and oxygen atoms in total. The minimum atomic E-state index is -0.797. The van der Waals surface area contributed by atoms with Gasteiger partial charge in [0.05, 0.1) is 19.3 Å². The number of aliphatic hydroxyl groups is 1. The lowest BCUT2D eigenvalue weighted by atomic mass is 9.88. The zero-order chi connectivity index (χ0) is 18.0. The van der Waals surface area contributed by atoms with Gasteiger partial charge in [0, 0.05) is 18.5 Å². The van der Waals surface area contributed by atoms with Crippen LogP contribution in [-0.4, -0.2) is 52.6 Å². The van der Waals surface area contributed by atoms with E-state index in [2.05, 4.69) is 0 Å². The molecule has 0 aromatic heterocycles. The molecule has 6 heteroatoms. The van der Waals surface area contributed by atoms with Gasteiger partial charge in [-0.1, -0.05) is 6.07 Å². The van der Waals surface area contributed by atoms with Crippen LogP contribution in [0.5, 0.6) is 11.5 Å². The van der Waals surface area contributed by atoms with Crippen molar-refractivity contribution < 1.29 is 24.5 Å². The monoisotopic (exact) mass is 337 g/mol. The number of amides is 1. The fourth-order valence-corrected chi connectivity index (χ4v) is 3.20. The molecule has 1 heterocycles. The topological polar surface area (TPSA) is 79.2 Å². The van der Waals surface area contributed by atoms with Gasteiger partial charge < -0.3 is 19.7 Å². The van der Waals surface area contributed by atoms with Gasteiger partial charge in [-0.15, -0.1) is 0 Å². The molecule has 1 amide bonds. The van der Waals surface area contributed by atoms with Crippen LogP contribution in [-0.2, 0) is 11.2 Å².